The molecule has 3 aliphatic carbocycles. The van der Waals surface area contributed by atoms with Crippen LogP contribution in [0.1, 0.15) is 93.1 Å². The summed E-state index contributed by atoms with van der Waals surface area (Å²) in [5.41, 5.74) is 4.01. The van der Waals surface area contributed by atoms with Gasteiger partial charge in [-0.15, -0.1) is 0 Å². The van der Waals surface area contributed by atoms with Gasteiger partial charge in [0.25, 0.3) is 0 Å². The molecule has 3 aromatic heterocycles. The lowest BCUT2D eigenvalue weighted by Crippen LogP contribution is -2.48. The maximum atomic E-state index is 14.4. The van der Waals surface area contributed by atoms with Crippen molar-refractivity contribution >= 4 is 17.8 Å². The summed E-state index contributed by atoms with van der Waals surface area (Å²) < 4.78 is 17.1. The van der Waals surface area contributed by atoms with Crippen LogP contribution in [0, 0.1) is 18.8 Å². The first kappa shape index (κ1) is 33.5. The van der Waals surface area contributed by atoms with Crippen molar-refractivity contribution in [2.45, 2.75) is 89.1 Å². The molecule has 4 heterocycles. The number of oxazole rings is 1. The Morgan fingerprint density at radius 2 is 1.67 bits per heavy atom. The number of anilines is 1. The quantitative estimate of drug-likeness (QED) is 0.249. The predicted octanol–water partition coefficient (Wildman–Crippen LogP) is 6.58. The molecule has 3 saturated carbocycles. The van der Waals surface area contributed by atoms with E-state index in [4.69, 9.17) is 23.9 Å². The lowest BCUT2D eigenvalue weighted by Gasteiger charge is -2.36. The van der Waals surface area contributed by atoms with Crippen LogP contribution in [-0.2, 0) is 9.53 Å². The van der Waals surface area contributed by atoms with Crippen molar-refractivity contribution in [3.8, 4) is 17.1 Å². The van der Waals surface area contributed by atoms with E-state index in [1.807, 2.05) is 30.2 Å². The summed E-state index contributed by atoms with van der Waals surface area (Å²) in [6.45, 7) is 5.78. The molecule has 0 unspecified atom stereocenters. The molecule has 11 nitrogen and oxygen atoms in total. The average molecular weight is 671 g/mol. The van der Waals surface area contributed by atoms with E-state index in [1.165, 1.54) is 5.56 Å². The molecular formula is C38H50N6O5. The number of amides is 2. The fourth-order valence-corrected chi connectivity index (χ4v) is 7.77. The van der Waals surface area contributed by atoms with Gasteiger partial charge in [-0.25, -0.2) is 19.7 Å². The van der Waals surface area contributed by atoms with Crippen molar-refractivity contribution in [1.82, 2.24) is 24.8 Å². The summed E-state index contributed by atoms with van der Waals surface area (Å²) in [6.07, 6.45) is 14.3. The Kier molecular flexibility index (Phi) is 10.2. The van der Waals surface area contributed by atoms with Crippen LogP contribution in [0.2, 0.25) is 0 Å². The Bertz CT molecular complexity index is 1600. The zero-order valence-electron chi connectivity index (χ0n) is 29.2. The van der Waals surface area contributed by atoms with Gasteiger partial charge in [-0.05, 0) is 114 Å². The molecule has 7 rings (SSSR count). The van der Waals surface area contributed by atoms with Gasteiger partial charge in [-0.3, -0.25) is 9.69 Å². The van der Waals surface area contributed by atoms with Crippen LogP contribution in [0.4, 0.5) is 10.6 Å². The topological polar surface area (TPSA) is 114 Å². The Balaban J connectivity index is 1.03. The van der Waals surface area contributed by atoms with Crippen molar-refractivity contribution in [2.75, 3.05) is 51.8 Å². The van der Waals surface area contributed by atoms with Gasteiger partial charge < -0.3 is 23.7 Å². The molecule has 4 aliphatic rings. The number of likely N-dealkylation sites (N-methyl/N-ethyl adjacent to an activating group) is 1. The highest BCUT2D eigenvalue weighted by molar-refractivity contribution is 5.94. The first-order chi connectivity index (χ1) is 23.8. The highest BCUT2D eigenvalue weighted by Gasteiger charge is 2.35. The fourth-order valence-electron chi connectivity index (χ4n) is 7.77. The number of hydrogen-bond acceptors (Lipinski definition) is 9. The number of ether oxygens (including phenoxy) is 2. The lowest BCUT2D eigenvalue weighted by molar-refractivity contribution is -0.124. The second-order valence-corrected chi connectivity index (χ2v) is 14.7. The molecule has 262 valence electrons. The van der Waals surface area contributed by atoms with Gasteiger partial charge in [0.15, 0.2) is 5.89 Å². The number of methoxy groups -OCH3 is 1. The van der Waals surface area contributed by atoms with E-state index in [9.17, 15) is 9.59 Å². The van der Waals surface area contributed by atoms with Gasteiger partial charge in [0.05, 0.1) is 7.11 Å². The molecule has 4 fully saturated rings. The van der Waals surface area contributed by atoms with E-state index >= 15 is 0 Å². The molecule has 49 heavy (non-hydrogen) atoms. The minimum Gasteiger partial charge on any atom is -0.481 e. The molecule has 1 aliphatic heterocycles. The number of carbonyl (C=O) groups excluding carboxylic acids is 2. The summed E-state index contributed by atoms with van der Waals surface area (Å²) in [7, 11) is 3.73. The minimum absolute atomic E-state index is 0.115. The largest absolute Gasteiger partial charge is 0.481 e. The number of hydrogen-bond donors (Lipinski definition) is 0. The Morgan fingerprint density at radius 3 is 2.37 bits per heavy atom. The molecule has 0 aromatic carbocycles. The summed E-state index contributed by atoms with van der Waals surface area (Å²) >= 11 is 0. The average Bonchev–Trinajstić information content (AvgIpc) is 3.86. The molecule has 2 amide bonds. The number of rotatable bonds is 9. The van der Waals surface area contributed by atoms with E-state index in [1.54, 1.807) is 24.5 Å². The van der Waals surface area contributed by atoms with E-state index < -0.39 is 0 Å². The number of nitrogens with zero attached hydrogens (tertiary/aromatic N) is 6. The Labute approximate surface area is 289 Å². The third-order valence-corrected chi connectivity index (χ3v) is 11.1. The zero-order chi connectivity index (χ0) is 33.9. The summed E-state index contributed by atoms with van der Waals surface area (Å²) in [6, 6.07) is 6.14. The molecule has 0 N–H and O–H groups in total. The SMILES string of the molecule is COc1ncc(C2CCC(CN(C(=O)C3CCC(OC(=O)N4CCN(C)CC4)CC3)c3cc(-c4coc(C5CC5)n4)ccn3)CC2)cc1C. The normalized spacial score (nSPS) is 24.8. The maximum absolute atomic E-state index is 14.4. The van der Waals surface area contributed by atoms with E-state index in [2.05, 4.69) is 23.0 Å². The summed E-state index contributed by atoms with van der Waals surface area (Å²) in [5, 5.41) is 0. The molecule has 0 radical (unpaired) electrons. The van der Waals surface area contributed by atoms with E-state index in [0.717, 1.165) is 74.3 Å². The van der Waals surface area contributed by atoms with Crippen LogP contribution in [0.25, 0.3) is 11.3 Å². The number of aryl methyl sites for hydroxylation is 1. The van der Waals surface area contributed by atoms with Gasteiger partial charge >= 0.3 is 6.09 Å². The number of pyridine rings is 2. The van der Waals surface area contributed by atoms with Gasteiger partial charge in [0.2, 0.25) is 11.8 Å². The third kappa shape index (κ3) is 7.92. The van der Waals surface area contributed by atoms with Gasteiger partial charge in [0, 0.05) is 68.1 Å². The second kappa shape index (κ2) is 14.9. The number of piperazine rings is 1. The lowest BCUT2D eigenvalue weighted by atomic mass is 9.78. The van der Waals surface area contributed by atoms with Crippen molar-refractivity contribution in [1.29, 1.82) is 0 Å². The van der Waals surface area contributed by atoms with Crippen molar-refractivity contribution < 1.29 is 23.5 Å². The molecule has 1 saturated heterocycles. The maximum Gasteiger partial charge on any atom is 0.410 e. The van der Waals surface area contributed by atoms with Crippen molar-refractivity contribution in [3.05, 3.63) is 53.9 Å². The van der Waals surface area contributed by atoms with Gasteiger partial charge in [0.1, 0.15) is 23.9 Å². The Morgan fingerprint density at radius 1 is 0.939 bits per heavy atom. The van der Waals surface area contributed by atoms with Crippen LogP contribution < -0.4 is 9.64 Å². The number of aromatic nitrogens is 3. The fraction of sp³-hybridized carbons (Fsp3) is 0.605. The molecular weight excluding hydrogens is 620 g/mol. The standard InChI is InChI=1S/C38H50N6O5/c1-25-20-31(22-40-35(25)47-3)27-6-4-26(5-7-27)23-44(34-21-30(14-15-39-34)33-24-48-36(41-33)28-8-9-28)37(45)29-10-12-32(13-11-29)49-38(46)43-18-16-42(2)17-19-43/h14-15,20-22,24,26-29,32H,4-13,16-19,23H2,1-3H3. The van der Waals surface area contributed by atoms with Crippen LogP contribution in [0.3, 0.4) is 0 Å². The van der Waals surface area contributed by atoms with Crippen LogP contribution in [-0.4, -0.2) is 89.7 Å². The molecule has 3 aromatic rings. The van der Waals surface area contributed by atoms with Crippen LogP contribution >= 0.6 is 0 Å². The summed E-state index contributed by atoms with van der Waals surface area (Å²) in [5.74, 6) is 3.37. The van der Waals surface area contributed by atoms with Crippen molar-refractivity contribution in [3.63, 3.8) is 0 Å². The molecule has 0 atom stereocenters. The predicted molar refractivity (Wildman–Crippen MR) is 186 cm³/mol. The second-order valence-electron chi connectivity index (χ2n) is 14.7. The third-order valence-electron chi connectivity index (χ3n) is 11.1. The monoisotopic (exact) mass is 670 g/mol. The van der Waals surface area contributed by atoms with Crippen LogP contribution in [0.15, 0.2) is 41.3 Å². The first-order valence-electron chi connectivity index (χ1n) is 18.2. The van der Waals surface area contributed by atoms with E-state index in [-0.39, 0.29) is 24.0 Å². The van der Waals surface area contributed by atoms with E-state index in [0.29, 0.717) is 74.8 Å². The highest BCUT2D eigenvalue weighted by atomic mass is 16.6. The molecule has 11 heteroatoms. The Hall–Kier alpha value is -3.99. The summed E-state index contributed by atoms with van der Waals surface area (Å²) in [4.78, 5) is 47.3. The zero-order valence-corrected chi connectivity index (χ0v) is 29.2. The molecule has 0 bridgehead atoms. The van der Waals surface area contributed by atoms with Crippen molar-refractivity contribution in [2.24, 2.45) is 11.8 Å². The van der Waals surface area contributed by atoms with Gasteiger partial charge in [-0.1, -0.05) is 0 Å². The molecule has 0 spiro atoms. The van der Waals surface area contributed by atoms with Gasteiger partial charge in [-0.2, -0.15) is 0 Å². The smallest absolute Gasteiger partial charge is 0.410 e. The first-order valence-corrected chi connectivity index (χ1v) is 18.2. The highest BCUT2D eigenvalue weighted by Crippen LogP contribution is 2.41. The minimum atomic E-state index is -0.223. The van der Waals surface area contributed by atoms with Crippen LogP contribution in [0.5, 0.6) is 5.88 Å². The number of carbonyl (C=O) groups is 2.